The van der Waals surface area contributed by atoms with E-state index in [-0.39, 0.29) is 5.91 Å². The summed E-state index contributed by atoms with van der Waals surface area (Å²) in [5, 5.41) is 4.33. The lowest BCUT2D eigenvalue weighted by atomic mass is 10.2. The van der Waals surface area contributed by atoms with Crippen LogP contribution in [-0.4, -0.2) is 38.0 Å². The van der Waals surface area contributed by atoms with Crippen LogP contribution in [0.2, 0.25) is 5.02 Å². The van der Waals surface area contributed by atoms with Gasteiger partial charge in [-0.25, -0.2) is 0 Å². The third-order valence-corrected chi connectivity index (χ3v) is 4.16. The van der Waals surface area contributed by atoms with Gasteiger partial charge in [-0.15, -0.1) is 11.3 Å². The third kappa shape index (κ3) is 3.18. The molecule has 0 saturated heterocycles. The number of anilines is 1. The molecule has 1 heterocycles. The van der Waals surface area contributed by atoms with E-state index in [4.69, 9.17) is 17.3 Å². The minimum Gasteiger partial charge on any atom is -0.397 e. The first kappa shape index (κ1) is 14.1. The van der Waals surface area contributed by atoms with E-state index in [9.17, 15) is 4.79 Å². The molecule has 6 heteroatoms. The van der Waals surface area contributed by atoms with Crippen LogP contribution in [0.4, 0.5) is 5.69 Å². The summed E-state index contributed by atoms with van der Waals surface area (Å²) in [5.74, 6) is -0.128. The van der Waals surface area contributed by atoms with Crippen molar-refractivity contribution in [3.8, 4) is 0 Å². The van der Waals surface area contributed by atoms with Crippen molar-refractivity contribution in [3.05, 3.63) is 28.1 Å². The lowest BCUT2D eigenvalue weighted by Gasteiger charge is -2.09. The van der Waals surface area contributed by atoms with Gasteiger partial charge in [-0.05, 0) is 32.3 Å². The fourth-order valence-corrected chi connectivity index (χ4v) is 2.92. The van der Waals surface area contributed by atoms with Crippen molar-refractivity contribution >= 4 is 44.6 Å². The number of halogens is 1. The van der Waals surface area contributed by atoms with Crippen LogP contribution in [0.3, 0.4) is 0 Å². The molecule has 102 valence electrons. The zero-order chi connectivity index (χ0) is 14.0. The fourth-order valence-electron chi connectivity index (χ4n) is 1.73. The van der Waals surface area contributed by atoms with E-state index in [1.807, 2.05) is 25.1 Å². The molecule has 0 aliphatic carbocycles. The zero-order valence-electron chi connectivity index (χ0n) is 10.9. The highest BCUT2D eigenvalue weighted by Gasteiger charge is 2.16. The minimum atomic E-state index is -0.128. The lowest BCUT2D eigenvalue weighted by molar-refractivity contribution is 0.0956. The number of hydrogen-bond acceptors (Lipinski definition) is 4. The molecule has 0 atom stereocenters. The first-order valence-electron chi connectivity index (χ1n) is 5.89. The molecule has 0 bridgehead atoms. The largest absolute Gasteiger partial charge is 0.397 e. The third-order valence-electron chi connectivity index (χ3n) is 2.74. The van der Waals surface area contributed by atoms with Crippen LogP contribution in [0.5, 0.6) is 0 Å². The SMILES string of the molecule is CN(C)CCNC(=O)c1sc2ccc(Cl)cc2c1N. The fraction of sp³-hybridized carbons (Fsp3) is 0.308. The van der Waals surface area contributed by atoms with Crippen LogP contribution in [0.25, 0.3) is 10.1 Å². The molecule has 1 aromatic carbocycles. The molecule has 0 aliphatic rings. The van der Waals surface area contributed by atoms with Gasteiger partial charge in [0.15, 0.2) is 0 Å². The zero-order valence-corrected chi connectivity index (χ0v) is 12.4. The molecular weight excluding hydrogens is 282 g/mol. The predicted octanol–water partition coefficient (Wildman–Crippen LogP) is 2.43. The van der Waals surface area contributed by atoms with Gasteiger partial charge in [0.1, 0.15) is 4.88 Å². The van der Waals surface area contributed by atoms with Crippen molar-refractivity contribution in [1.29, 1.82) is 0 Å². The van der Waals surface area contributed by atoms with Gasteiger partial charge in [-0.2, -0.15) is 0 Å². The summed E-state index contributed by atoms with van der Waals surface area (Å²) in [6.07, 6.45) is 0. The summed E-state index contributed by atoms with van der Waals surface area (Å²) in [5.41, 5.74) is 6.53. The second kappa shape index (κ2) is 5.77. The number of rotatable bonds is 4. The van der Waals surface area contributed by atoms with E-state index in [1.165, 1.54) is 11.3 Å². The van der Waals surface area contributed by atoms with Gasteiger partial charge in [-0.3, -0.25) is 4.79 Å². The van der Waals surface area contributed by atoms with Gasteiger partial charge < -0.3 is 16.0 Å². The number of benzene rings is 1. The second-order valence-corrected chi connectivity index (χ2v) is 6.03. The highest BCUT2D eigenvalue weighted by molar-refractivity contribution is 7.21. The molecule has 0 fully saturated rings. The Morgan fingerprint density at radius 3 is 2.89 bits per heavy atom. The van der Waals surface area contributed by atoms with Gasteiger partial charge >= 0.3 is 0 Å². The van der Waals surface area contributed by atoms with Crippen molar-refractivity contribution in [2.45, 2.75) is 0 Å². The Labute approximate surface area is 121 Å². The van der Waals surface area contributed by atoms with Crippen LogP contribution >= 0.6 is 22.9 Å². The van der Waals surface area contributed by atoms with E-state index >= 15 is 0 Å². The molecule has 2 aromatic rings. The Kier molecular flexibility index (Phi) is 4.29. The number of nitrogens with one attached hydrogen (secondary N) is 1. The summed E-state index contributed by atoms with van der Waals surface area (Å²) < 4.78 is 0.972. The maximum atomic E-state index is 12.1. The molecule has 1 amide bonds. The summed E-state index contributed by atoms with van der Waals surface area (Å²) >= 11 is 7.33. The van der Waals surface area contributed by atoms with E-state index in [2.05, 4.69) is 5.32 Å². The number of nitrogens with zero attached hydrogens (tertiary/aromatic N) is 1. The number of carbonyl (C=O) groups is 1. The lowest BCUT2D eigenvalue weighted by Crippen LogP contribution is -2.31. The molecule has 0 radical (unpaired) electrons. The highest BCUT2D eigenvalue weighted by atomic mass is 35.5. The van der Waals surface area contributed by atoms with Gasteiger partial charge in [0.05, 0.1) is 5.69 Å². The maximum absolute atomic E-state index is 12.1. The van der Waals surface area contributed by atoms with Crippen molar-refractivity contribution < 1.29 is 4.79 Å². The quantitative estimate of drug-likeness (QED) is 0.911. The standard InChI is InChI=1S/C13H16ClN3OS/c1-17(2)6-5-16-13(18)12-11(15)9-7-8(14)3-4-10(9)19-12/h3-4,7H,5-6,15H2,1-2H3,(H,16,18). The molecule has 0 saturated carbocycles. The number of nitrogen functional groups attached to an aromatic ring is 1. The minimum absolute atomic E-state index is 0.128. The molecule has 19 heavy (non-hydrogen) atoms. The summed E-state index contributed by atoms with van der Waals surface area (Å²) in [6.45, 7) is 1.39. The molecular formula is C13H16ClN3OS. The number of amides is 1. The van der Waals surface area contributed by atoms with Crippen molar-refractivity contribution in [2.24, 2.45) is 0 Å². The number of carbonyl (C=O) groups excluding carboxylic acids is 1. The van der Waals surface area contributed by atoms with E-state index in [1.54, 1.807) is 12.1 Å². The predicted molar refractivity (Wildman–Crippen MR) is 82.1 cm³/mol. The normalized spacial score (nSPS) is 11.2. The van der Waals surface area contributed by atoms with Gasteiger partial charge in [0.25, 0.3) is 5.91 Å². The van der Waals surface area contributed by atoms with Gasteiger partial charge in [0, 0.05) is 28.2 Å². The Bertz CT molecular complexity index is 609. The molecule has 0 unspecified atom stereocenters. The van der Waals surface area contributed by atoms with Crippen molar-refractivity contribution in [2.75, 3.05) is 32.9 Å². The van der Waals surface area contributed by atoms with Crippen molar-refractivity contribution in [3.63, 3.8) is 0 Å². The average Bonchev–Trinajstić information content (AvgIpc) is 2.66. The smallest absolute Gasteiger partial charge is 0.263 e. The molecule has 0 spiro atoms. The number of likely N-dealkylation sites (N-methyl/N-ethyl adjacent to an activating group) is 1. The van der Waals surface area contributed by atoms with Crippen LogP contribution in [-0.2, 0) is 0 Å². The molecule has 0 aliphatic heterocycles. The van der Waals surface area contributed by atoms with Gasteiger partial charge in [0.2, 0.25) is 0 Å². The molecule has 2 rings (SSSR count). The summed E-state index contributed by atoms with van der Waals surface area (Å²) in [7, 11) is 3.92. The average molecular weight is 298 g/mol. The van der Waals surface area contributed by atoms with E-state index in [0.29, 0.717) is 22.1 Å². The topological polar surface area (TPSA) is 58.4 Å². The summed E-state index contributed by atoms with van der Waals surface area (Å²) in [6, 6.07) is 5.47. The Hall–Kier alpha value is -1.30. The monoisotopic (exact) mass is 297 g/mol. The highest BCUT2D eigenvalue weighted by Crippen LogP contribution is 2.35. The number of nitrogens with two attached hydrogens (primary N) is 1. The second-order valence-electron chi connectivity index (χ2n) is 4.54. The molecule has 3 N–H and O–H groups in total. The van der Waals surface area contributed by atoms with Crippen LogP contribution in [0, 0.1) is 0 Å². The number of thiophene rings is 1. The van der Waals surface area contributed by atoms with Crippen LogP contribution in [0.15, 0.2) is 18.2 Å². The van der Waals surface area contributed by atoms with Crippen molar-refractivity contribution in [1.82, 2.24) is 10.2 Å². The van der Waals surface area contributed by atoms with E-state index < -0.39 is 0 Å². The number of hydrogen-bond donors (Lipinski definition) is 2. The molecule has 1 aromatic heterocycles. The Morgan fingerprint density at radius 2 is 2.21 bits per heavy atom. The summed E-state index contributed by atoms with van der Waals surface area (Å²) in [4.78, 5) is 14.6. The van der Waals surface area contributed by atoms with Gasteiger partial charge in [-0.1, -0.05) is 11.6 Å². The maximum Gasteiger partial charge on any atom is 0.263 e. The first-order valence-corrected chi connectivity index (χ1v) is 7.09. The van der Waals surface area contributed by atoms with E-state index in [0.717, 1.165) is 16.6 Å². The number of fused-ring (bicyclic) bond motifs is 1. The first-order chi connectivity index (χ1) is 8.99. The van der Waals surface area contributed by atoms with Crippen LogP contribution in [0.1, 0.15) is 9.67 Å². The molecule has 4 nitrogen and oxygen atoms in total. The Balaban J connectivity index is 2.20. The van der Waals surface area contributed by atoms with Crippen LogP contribution < -0.4 is 11.1 Å². The Morgan fingerprint density at radius 1 is 1.47 bits per heavy atom.